The van der Waals surface area contributed by atoms with Gasteiger partial charge in [0.2, 0.25) is 0 Å². The maximum absolute atomic E-state index is 13.5. The van der Waals surface area contributed by atoms with Crippen molar-refractivity contribution in [2.45, 2.75) is 88.1 Å². The van der Waals surface area contributed by atoms with Crippen molar-refractivity contribution >= 4 is 42.6 Å². The number of aryl methyl sites for hydroxylation is 1. The van der Waals surface area contributed by atoms with Gasteiger partial charge in [-0.2, -0.15) is 8.42 Å². The van der Waals surface area contributed by atoms with Gasteiger partial charge >= 0.3 is 5.97 Å². The number of unbranched alkanes of at least 4 members (excludes halogenated alkanes) is 1. The Morgan fingerprint density at radius 3 is 2.00 bits per heavy atom. The molecule has 0 bridgehead atoms. The van der Waals surface area contributed by atoms with E-state index in [0.717, 1.165) is 22.4 Å². The van der Waals surface area contributed by atoms with Crippen LogP contribution in [-0.2, 0) is 37.7 Å². The molecule has 1 saturated heterocycles. The maximum Gasteiger partial charge on any atom is 0.303 e. The predicted molar refractivity (Wildman–Crippen MR) is 181 cm³/mol. The molecule has 4 rings (SSSR count). The summed E-state index contributed by atoms with van der Waals surface area (Å²) in [6.45, 7) is 11.3. The lowest BCUT2D eigenvalue weighted by Crippen LogP contribution is -2.68. The van der Waals surface area contributed by atoms with Crippen LogP contribution in [0.15, 0.2) is 89.8 Å². The lowest BCUT2D eigenvalue weighted by Gasteiger charge is -2.45. The number of carbonyl (C=O) groups is 1. The normalized spacial score (nSPS) is 22.1. The first kappa shape index (κ1) is 36.0. The van der Waals surface area contributed by atoms with Crippen molar-refractivity contribution in [3.8, 4) is 0 Å². The number of carbonyl (C=O) groups excluding carboxylic acids is 1. The van der Waals surface area contributed by atoms with Crippen LogP contribution in [0, 0.1) is 6.92 Å². The molecule has 3 aromatic rings. The highest BCUT2D eigenvalue weighted by molar-refractivity contribution is 7.86. The van der Waals surface area contributed by atoms with E-state index in [-0.39, 0.29) is 16.5 Å². The molecule has 0 amide bonds. The van der Waals surface area contributed by atoms with E-state index in [4.69, 9.17) is 30.7 Å². The summed E-state index contributed by atoms with van der Waals surface area (Å²) in [5.74, 6) is -0.565. The molecule has 246 valence electrons. The molecule has 2 radical (unpaired) electrons. The highest BCUT2D eigenvalue weighted by atomic mass is 32.2. The first-order chi connectivity index (χ1) is 21.8. The van der Waals surface area contributed by atoms with Crippen molar-refractivity contribution in [1.29, 1.82) is 0 Å². The Bertz CT molecular complexity index is 1490. The highest BCUT2D eigenvalue weighted by Crippen LogP contribution is 2.41. The lowest BCUT2D eigenvalue weighted by atomic mass is 9.89. The molecule has 1 heterocycles. The van der Waals surface area contributed by atoms with Crippen molar-refractivity contribution in [3.05, 3.63) is 90.5 Å². The molecule has 8 nitrogen and oxygen atoms in total. The first-order valence-electron chi connectivity index (χ1n) is 15.7. The summed E-state index contributed by atoms with van der Waals surface area (Å²) in [4.78, 5) is 12.2. The zero-order valence-electron chi connectivity index (χ0n) is 27.6. The van der Waals surface area contributed by atoms with Crippen LogP contribution in [0.2, 0.25) is 5.04 Å². The second-order valence-electron chi connectivity index (χ2n) is 12.8. The van der Waals surface area contributed by atoms with Crippen LogP contribution in [0.4, 0.5) is 0 Å². The largest absolute Gasteiger partial charge is 0.458 e. The van der Waals surface area contributed by atoms with Crippen LogP contribution in [-0.4, -0.2) is 74.2 Å². The Kier molecular flexibility index (Phi) is 11.7. The summed E-state index contributed by atoms with van der Waals surface area (Å²) >= 11 is 0. The van der Waals surface area contributed by atoms with Crippen LogP contribution in [0.3, 0.4) is 0 Å². The van der Waals surface area contributed by atoms with E-state index in [1.165, 1.54) is 19.1 Å². The van der Waals surface area contributed by atoms with Gasteiger partial charge in [0.1, 0.15) is 32.3 Å². The minimum atomic E-state index is -4.22. The van der Waals surface area contributed by atoms with Crippen LogP contribution < -0.4 is 10.4 Å². The number of rotatable bonds is 14. The Morgan fingerprint density at radius 2 is 1.50 bits per heavy atom. The molecule has 0 aliphatic carbocycles. The van der Waals surface area contributed by atoms with Gasteiger partial charge < -0.3 is 18.6 Å². The minimum Gasteiger partial charge on any atom is -0.458 e. The van der Waals surface area contributed by atoms with Gasteiger partial charge in [0.15, 0.2) is 0 Å². The zero-order chi connectivity index (χ0) is 33.6. The molecule has 0 N–H and O–H groups in total. The van der Waals surface area contributed by atoms with Gasteiger partial charge in [0.05, 0.1) is 17.5 Å². The lowest BCUT2D eigenvalue weighted by molar-refractivity contribution is -0.158. The second-order valence-corrected chi connectivity index (χ2v) is 18.8. The summed E-state index contributed by atoms with van der Waals surface area (Å²) in [6.07, 6.45) is -0.443. The summed E-state index contributed by atoms with van der Waals surface area (Å²) in [5.41, 5.74) is -0.647. The van der Waals surface area contributed by atoms with Gasteiger partial charge in [-0.1, -0.05) is 112 Å². The SMILES string of the molecule is [B][C@@H]1O[C@@](CO[Si](c2ccccc2)(c2ccccc2)C(C)(C)C)(COS(=O)(=O)c2ccc(C)cc2)C(OCCCC)[C@@H]1OC(C)=O. The minimum absolute atomic E-state index is 0.00318. The van der Waals surface area contributed by atoms with Gasteiger partial charge in [0, 0.05) is 13.5 Å². The number of ether oxygens (including phenoxy) is 3. The smallest absolute Gasteiger partial charge is 0.303 e. The van der Waals surface area contributed by atoms with Crippen LogP contribution >= 0.6 is 0 Å². The first-order valence-corrected chi connectivity index (χ1v) is 19.0. The quantitative estimate of drug-likeness (QED) is 0.106. The van der Waals surface area contributed by atoms with Crippen LogP contribution in [0.1, 0.15) is 53.0 Å². The van der Waals surface area contributed by atoms with Crippen molar-refractivity contribution in [2.24, 2.45) is 0 Å². The number of hydrogen-bond donors (Lipinski definition) is 0. The van der Waals surface area contributed by atoms with Crippen molar-refractivity contribution in [1.82, 2.24) is 0 Å². The molecule has 46 heavy (non-hydrogen) atoms. The Labute approximate surface area is 276 Å². The highest BCUT2D eigenvalue weighted by Gasteiger charge is 2.59. The van der Waals surface area contributed by atoms with Crippen LogP contribution in [0.5, 0.6) is 0 Å². The second kappa shape index (κ2) is 15.0. The van der Waals surface area contributed by atoms with Crippen molar-refractivity contribution in [3.63, 3.8) is 0 Å². The van der Waals surface area contributed by atoms with E-state index in [0.29, 0.717) is 13.0 Å². The van der Waals surface area contributed by atoms with Gasteiger partial charge in [-0.25, -0.2) is 0 Å². The summed E-state index contributed by atoms with van der Waals surface area (Å²) in [6, 6.07) is 25.4. The maximum atomic E-state index is 13.5. The third kappa shape index (κ3) is 7.83. The molecule has 1 unspecified atom stereocenters. The van der Waals surface area contributed by atoms with Crippen molar-refractivity contribution < 1.29 is 36.0 Å². The summed E-state index contributed by atoms with van der Waals surface area (Å²) in [7, 11) is -0.883. The van der Waals surface area contributed by atoms with Gasteiger partial charge in [0.25, 0.3) is 18.4 Å². The van der Waals surface area contributed by atoms with E-state index in [9.17, 15) is 13.2 Å². The molecule has 0 spiro atoms. The topological polar surface area (TPSA) is 97.4 Å². The number of esters is 1. The molecule has 0 saturated carbocycles. The molecule has 3 aromatic carbocycles. The molecule has 1 fully saturated rings. The molecule has 1 aliphatic heterocycles. The third-order valence-electron chi connectivity index (χ3n) is 8.33. The van der Waals surface area contributed by atoms with Gasteiger partial charge in [-0.3, -0.25) is 8.98 Å². The Hall–Kier alpha value is -2.80. The fraction of sp³-hybridized carbons (Fsp3) is 0.457. The van der Waals surface area contributed by atoms with Crippen molar-refractivity contribution in [2.75, 3.05) is 19.8 Å². The number of hydrogen-bond acceptors (Lipinski definition) is 8. The average Bonchev–Trinajstić information content (AvgIpc) is 3.27. The molecular formula is C35H45BO8SSi. The Balaban J connectivity index is 1.84. The van der Waals surface area contributed by atoms with E-state index in [1.807, 2.05) is 50.2 Å². The molecule has 4 atom stereocenters. The van der Waals surface area contributed by atoms with Gasteiger partial charge in [-0.15, -0.1) is 0 Å². The summed E-state index contributed by atoms with van der Waals surface area (Å²) < 4.78 is 58.4. The van der Waals surface area contributed by atoms with Crippen LogP contribution in [0.25, 0.3) is 0 Å². The number of benzene rings is 3. The third-order valence-corrected chi connectivity index (χ3v) is 14.6. The fourth-order valence-electron chi connectivity index (χ4n) is 6.01. The predicted octanol–water partition coefficient (Wildman–Crippen LogP) is 4.66. The average molecular weight is 665 g/mol. The standard InChI is InChI=1S/C35H45BO8SSi/c1-7-8-23-40-32-31(43-27(3)37)33(36)44-35(32,24-41-45(38,39)28-21-19-26(2)20-22-28)25-42-46(34(4,5)6,29-15-11-9-12-16-29)30-17-13-10-14-18-30/h9-22,31-33H,7-8,23-25H2,1-6H3/t31-,32?,33+,35+/m0/s1. The monoisotopic (exact) mass is 664 g/mol. The molecule has 1 aliphatic rings. The van der Waals surface area contributed by atoms with E-state index in [2.05, 4.69) is 45.0 Å². The molecule has 0 aromatic heterocycles. The van der Waals surface area contributed by atoms with E-state index in [1.54, 1.807) is 12.1 Å². The van der Waals surface area contributed by atoms with E-state index < -0.39 is 54.8 Å². The van der Waals surface area contributed by atoms with Gasteiger partial charge in [-0.05, 0) is 40.9 Å². The summed E-state index contributed by atoms with van der Waals surface area (Å²) in [5, 5.41) is 1.67. The van der Waals surface area contributed by atoms with E-state index >= 15 is 0 Å². The fourth-order valence-corrected chi connectivity index (χ4v) is 11.6. The molecule has 11 heteroatoms. The Morgan fingerprint density at radius 1 is 0.935 bits per heavy atom. The molecular weight excluding hydrogens is 619 g/mol. The zero-order valence-corrected chi connectivity index (χ0v) is 29.4.